The molecule has 1 N–H and O–H groups in total. The molecule has 2 nitrogen and oxygen atoms in total. The summed E-state index contributed by atoms with van der Waals surface area (Å²) in [6.07, 6.45) is 4.43. The first-order chi connectivity index (χ1) is 6.27. The van der Waals surface area contributed by atoms with Crippen LogP contribution in [0.4, 0.5) is 5.69 Å². The molecule has 0 saturated heterocycles. The number of allylic oxidation sites excluding steroid dienone is 1. The number of benzene rings is 1. The second kappa shape index (κ2) is 4.67. The summed E-state index contributed by atoms with van der Waals surface area (Å²) in [5.74, 6) is 0. The van der Waals surface area contributed by atoms with Crippen molar-refractivity contribution < 1.29 is 4.79 Å². The number of carbonyl (C=O) groups is 1. The van der Waals surface area contributed by atoms with Crippen molar-refractivity contribution in [3.63, 3.8) is 0 Å². The van der Waals surface area contributed by atoms with Crippen molar-refractivity contribution >= 4 is 29.8 Å². The molecular weight excluding hydrogens is 186 g/mol. The highest BCUT2D eigenvalue weighted by molar-refractivity contribution is 6.30. The summed E-state index contributed by atoms with van der Waals surface area (Å²) in [5, 5.41) is 3.25. The topological polar surface area (TPSA) is 29.1 Å². The van der Waals surface area contributed by atoms with Crippen molar-refractivity contribution in [3.8, 4) is 0 Å². The monoisotopic (exact) mass is 195 g/mol. The van der Waals surface area contributed by atoms with E-state index in [-0.39, 0.29) is 0 Å². The molecule has 0 spiro atoms. The highest BCUT2D eigenvalue weighted by atomic mass is 35.5. The van der Waals surface area contributed by atoms with Crippen molar-refractivity contribution in [2.45, 2.75) is 6.92 Å². The van der Waals surface area contributed by atoms with Crippen LogP contribution in [-0.2, 0) is 4.79 Å². The Morgan fingerprint density at radius 3 is 2.85 bits per heavy atom. The van der Waals surface area contributed by atoms with Crippen LogP contribution in [0.1, 0.15) is 12.5 Å². The number of halogens is 1. The molecule has 1 amide bonds. The number of hydrogen-bond acceptors (Lipinski definition) is 1. The molecule has 0 heterocycles. The molecule has 0 unspecified atom stereocenters. The summed E-state index contributed by atoms with van der Waals surface area (Å²) < 4.78 is 0. The van der Waals surface area contributed by atoms with Crippen molar-refractivity contribution in [1.29, 1.82) is 0 Å². The molecule has 0 fully saturated rings. The summed E-state index contributed by atoms with van der Waals surface area (Å²) in [5.41, 5.74) is 1.67. The molecule has 0 radical (unpaired) electrons. The maximum absolute atomic E-state index is 10.2. The fraction of sp³-hybridized carbons (Fsp3) is 0.100. The van der Waals surface area contributed by atoms with E-state index in [1.807, 2.05) is 19.1 Å². The van der Waals surface area contributed by atoms with Crippen molar-refractivity contribution in [2.24, 2.45) is 0 Å². The van der Waals surface area contributed by atoms with E-state index in [0.717, 1.165) is 11.3 Å². The number of hydrogen-bond donors (Lipinski definition) is 1. The second-order valence-corrected chi connectivity index (χ2v) is 2.93. The van der Waals surface area contributed by atoms with Crippen LogP contribution in [0.15, 0.2) is 24.3 Å². The summed E-state index contributed by atoms with van der Waals surface area (Å²) >= 11 is 5.80. The largest absolute Gasteiger partial charge is 0.328 e. The van der Waals surface area contributed by atoms with Crippen LogP contribution < -0.4 is 5.32 Å². The Kier molecular flexibility index (Phi) is 3.53. The van der Waals surface area contributed by atoms with Crippen LogP contribution >= 0.6 is 11.6 Å². The molecule has 0 aliphatic carbocycles. The van der Waals surface area contributed by atoms with Gasteiger partial charge in [-0.05, 0) is 30.7 Å². The standard InChI is InChI=1S/C10H10ClNO/c1-2-3-8-6-9(11)4-5-10(8)12-7-13/h2-7H,1H3,(H,12,13)/b3-2+. The van der Waals surface area contributed by atoms with E-state index >= 15 is 0 Å². The van der Waals surface area contributed by atoms with Gasteiger partial charge in [0.2, 0.25) is 6.41 Å². The molecule has 1 aromatic rings. The Bertz CT molecular complexity index is 334. The zero-order valence-corrected chi connectivity index (χ0v) is 8.01. The van der Waals surface area contributed by atoms with Gasteiger partial charge < -0.3 is 5.32 Å². The Balaban J connectivity index is 3.09. The molecular formula is C10H10ClNO. The Hall–Kier alpha value is -1.28. The average molecular weight is 196 g/mol. The van der Waals surface area contributed by atoms with Crippen LogP contribution in [0.3, 0.4) is 0 Å². The third-order valence-corrected chi connectivity index (χ3v) is 1.81. The van der Waals surface area contributed by atoms with Gasteiger partial charge in [0, 0.05) is 10.7 Å². The molecule has 0 aliphatic heterocycles. The van der Waals surface area contributed by atoms with Gasteiger partial charge in [-0.15, -0.1) is 0 Å². The van der Waals surface area contributed by atoms with Crippen molar-refractivity contribution in [1.82, 2.24) is 0 Å². The van der Waals surface area contributed by atoms with Crippen LogP contribution in [0.25, 0.3) is 6.08 Å². The molecule has 3 heteroatoms. The van der Waals surface area contributed by atoms with E-state index in [9.17, 15) is 4.79 Å². The van der Waals surface area contributed by atoms with Gasteiger partial charge >= 0.3 is 0 Å². The van der Waals surface area contributed by atoms with Gasteiger partial charge in [-0.1, -0.05) is 23.8 Å². The number of amides is 1. The minimum atomic E-state index is 0.649. The summed E-state index contributed by atoms with van der Waals surface area (Å²) in [6, 6.07) is 5.31. The highest BCUT2D eigenvalue weighted by Crippen LogP contribution is 2.21. The lowest BCUT2D eigenvalue weighted by atomic mass is 10.1. The molecule has 68 valence electrons. The molecule has 0 bridgehead atoms. The number of anilines is 1. The Morgan fingerprint density at radius 1 is 1.46 bits per heavy atom. The third kappa shape index (κ3) is 2.60. The van der Waals surface area contributed by atoms with Gasteiger partial charge in [-0.2, -0.15) is 0 Å². The zero-order valence-electron chi connectivity index (χ0n) is 7.25. The van der Waals surface area contributed by atoms with Crippen molar-refractivity contribution in [3.05, 3.63) is 34.9 Å². The fourth-order valence-electron chi connectivity index (χ4n) is 1.05. The lowest BCUT2D eigenvalue weighted by molar-refractivity contribution is -0.105. The molecule has 0 aliphatic rings. The van der Waals surface area contributed by atoms with E-state index < -0.39 is 0 Å². The Morgan fingerprint density at radius 2 is 2.23 bits per heavy atom. The van der Waals surface area contributed by atoms with Crippen molar-refractivity contribution in [2.75, 3.05) is 5.32 Å². The van der Waals surface area contributed by atoms with E-state index in [0.29, 0.717) is 11.4 Å². The van der Waals surface area contributed by atoms with Crippen LogP contribution in [0.2, 0.25) is 5.02 Å². The number of rotatable bonds is 3. The van der Waals surface area contributed by atoms with E-state index in [1.165, 1.54) is 0 Å². The first-order valence-corrected chi connectivity index (χ1v) is 4.28. The second-order valence-electron chi connectivity index (χ2n) is 2.49. The van der Waals surface area contributed by atoms with Gasteiger partial charge in [0.25, 0.3) is 0 Å². The maximum Gasteiger partial charge on any atom is 0.211 e. The van der Waals surface area contributed by atoms with Gasteiger partial charge in [0.05, 0.1) is 0 Å². The first kappa shape index (κ1) is 9.81. The van der Waals surface area contributed by atoms with Gasteiger partial charge in [-0.3, -0.25) is 4.79 Å². The van der Waals surface area contributed by atoms with Crippen LogP contribution in [0.5, 0.6) is 0 Å². The average Bonchev–Trinajstić information content (AvgIpc) is 2.10. The molecule has 1 aromatic carbocycles. The lowest BCUT2D eigenvalue weighted by Gasteiger charge is -2.03. The normalized spacial score (nSPS) is 10.3. The summed E-state index contributed by atoms with van der Waals surface area (Å²) in [4.78, 5) is 10.2. The smallest absolute Gasteiger partial charge is 0.211 e. The summed E-state index contributed by atoms with van der Waals surface area (Å²) in [6.45, 7) is 1.91. The van der Waals surface area contributed by atoms with E-state index in [2.05, 4.69) is 5.32 Å². The van der Waals surface area contributed by atoms with Gasteiger partial charge in [0.15, 0.2) is 0 Å². The zero-order chi connectivity index (χ0) is 9.68. The predicted molar refractivity (Wildman–Crippen MR) is 55.8 cm³/mol. The molecule has 1 rings (SSSR count). The quantitative estimate of drug-likeness (QED) is 0.739. The van der Waals surface area contributed by atoms with Crippen LogP contribution in [0, 0.1) is 0 Å². The third-order valence-electron chi connectivity index (χ3n) is 1.57. The van der Waals surface area contributed by atoms with E-state index in [4.69, 9.17) is 11.6 Å². The SMILES string of the molecule is C/C=C/c1cc(Cl)ccc1NC=O. The summed E-state index contributed by atoms with van der Waals surface area (Å²) in [7, 11) is 0. The fourth-order valence-corrected chi connectivity index (χ4v) is 1.23. The molecule has 0 atom stereocenters. The van der Waals surface area contributed by atoms with E-state index in [1.54, 1.807) is 18.2 Å². The lowest BCUT2D eigenvalue weighted by Crippen LogP contribution is -1.95. The first-order valence-electron chi connectivity index (χ1n) is 3.90. The molecule has 0 aromatic heterocycles. The van der Waals surface area contributed by atoms with Gasteiger partial charge in [-0.25, -0.2) is 0 Å². The molecule has 13 heavy (non-hydrogen) atoms. The highest BCUT2D eigenvalue weighted by Gasteiger charge is 1.98. The molecule has 0 saturated carbocycles. The minimum absolute atomic E-state index is 0.649. The number of nitrogens with one attached hydrogen (secondary N) is 1. The Labute approximate surface area is 82.2 Å². The predicted octanol–water partition coefficient (Wildman–Crippen LogP) is 2.94. The maximum atomic E-state index is 10.2. The minimum Gasteiger partial charge on any atom is -0.328 e. The van der Waals surface area contributed by atoms with Gasteiger partial charge in [0.1, 0.15) is 0 Å². The number of carbonyl (C=O) groups excluding carboxylic acids is 1. The van der Waals surface area contributed by atoms with Crippen LogP contribution in [-0.4, -0.2) is 6.41 Å².